The molecule has 26 heavy (non-hydrogen) atoms. The van der Waals surface area contributed by atoms with E-state index < -0.39 is 11.8 Å². The van der Waals surface area contributed by atoms with E-state index >= 15 is 0 Å². The summed E-state index contributed by atoms with van der Waals surface area (Å²) in [5.74, 6) is -0.613. The van der Waals surface area contributed by atoms with E-state index in [0.29, 0.717) is 22.6 Å². The third kappa shape index (κ3) is 4.57. The maximum atomic E-state index is 12.3. The molecule has 0 saturated carbocycles. The summed E-state index contributed by atoms with van der Waals surface area (Å²) < 4.78 is 10.5. The van der Waals surface area contributed by atoms with Crippen molar-refractivity contribution in [1.82, 2.24) is 5.32 Å². The Balaban J connectivity index is 2.07. The van der Waals surface area contributed by atoms with Gasteiger partial charge in [-0.2, -0.15) is 5.26 Å². The number of aromatic hydroxyl groups is 2. The van der Waals surface area contributed by atoms with Crippen LogP contribution < -0.4 is 14.8 Å². The molecule has 1 unspecified atom stereocenters. The first kappa shape index (κ1) is 18.9. The molecule has 1 atom stereocenters. The molecule has 0 radical (unpaired) electrons. The molecule has 0 aliphatic carbocycles. The van der Waals surface area contributed by atoms with E-state index in [1.165, 1.54) is 32.4 Å². The Bertz CT molecular complexity index is 809. The maximum absolute atomic E-state index is 12.3. The molecule has 1 amide bonds. The summed E-state index contributed by atoms with van der Waals surface area (Å²) in [6.45, 7) is 0.169. The fourth-order valence-electron chi connectivity index (χ4n) is 2.61. The van der Waals surface area contributed by atoms with Gasteiger partial charge in [0.15, 0.2) is 11.5 Å². The lowest BCUT2D eigenvalue weighted by atomic mass is 9.99. The summed E-state index contributed by atoms with van der Waals surface area (Å²) in [6.07, 6.45) is 0.0690. The van der Waals surface area contributed by atoms with Crippen molar-refractivity contribution in [3.05, 3.63) is 47.5 Å². The third-order valence-corrected chi connectivity index (χ3v) is 3.81. The number of rotatable bonds is 7. The van der Waals surface area contributed by atoms with Crippen molar-refractivity contribution >= 4 is 5.91 Å². The van der Waals surface area contributed by atoms with Gasteiger partial charge in [0.05, 0.1) is 20.3 Å². The van der Waals surface area contributed by atoms with Crippen LogP contribution in [-0.2, 0) is 17.8 Å². The second kappa shape index (κ2) is 8.62. The minimum absolute atomic E-state index is 0.0690. The molecular formula is C19H20N2O5. The molecule has 0 aliphatic heterocycles. The van der Waals surface area contributed by atoms with Gasteiger partial charge in [-0.1, -0.05) is 12.1 Å². The number of amides is 1. The lowest BCUT2D eigenvalue weighted by molar-refractivity contribution is -0.123. The Hall–Kier alpha value is -3.40. The van der Waals surface area contributed by atoms with Crippen LogP contribution in [0.5, 0.6) is 23.0 Å². The topological polar surface area (TPSA) is 112 Å². The number of phenolic OH excluding ortho intramolecular Hbond substituents is 2. The van der Waals surface area contributed by atoms with Crippen LogP contribution in [0.3, 0.4) is 0 Å². The number of methoxy groups -OCH3 is 2. The predicted octanol–water partition coefficient (Wildman–Crippen LogP) is 2.11. The summed E-state index contributed by atoms with van der Waals surface area (Å²) in [6, 6.07) is 11.2. The largest absolute Gasteiger partial charge is 0.508 e. The van der Waals surface area contributed by atoms with Crippen LogP contribution in [0.4, 0.5) is 0 Å². The molecule has 3 N–H and O–H groups in total. The number of hydrogen-bond acceptors (Lipinski definition) is 6. The van der Waals surface area contributed by atoms with Gasteiger partial charge >= 0.3 is 0 Å². The molecule has 0 spiro atoms. The van der Waals surface area contributed by atoms with Gasteiger partial charge in [0.2, 0.25) is 5.91 Å². The Morgan fingerprint density at radius 1 is 1.19 bits per heavy atom. The average Bonchev–Trinajstić information content (AvgIpc) is 2.62. The highest BCUT2D eigenvalue weighted by Gasteiger charge is 2.20. The monoisotopic (exact) mass is 356 g/mol. The molecule has 0 saturated heterocycles. The summed E-state index contributed by atoms with van der Waals surface area (Å²) in [4.78, 5) is 12.3. The number of phenols is 2. The van der Waals surface area contributed by atoms with E-state index in [2.05, 4.69) is 5.32 Å². The van der Waals surface area contributed by atoms with Crippen LogP contribution in [0.2, 0.25) is 0 Å². The fraction of sp³-hybridized carbons (Fsp3) is 0.263. The van der Waals surface area contributed by atoms with E-state index in [9.17, 15) is 20.3 Å². The van der Waals surface area contributed by atoms with Gasteiger partial charge in [-0.15, -0.1) is 0 Å². The van der Waals surface area contributed by atoms with E-state index in [-0.39, 0.29) is 24.5 Å². The van der Waals surface area contributed by atoms with Crippen molar-refractivity contribution in [2.45, 2.75) is 13.0 Å². The molecule has 2 aromatic rings. The second-order valence-corrected chi connectivity index (χ2v) is 5.61. The number of ether oxygens (including phenoxy) is 2. The first-order valence-electron chi connectivity index (χ1n) is 7.87. The highest BCUT2D eigenvalue weighted by molar-refractivity contribution is 5.81. The minimum Gasteiger partial charge on any atom is -0.508 e. The lowest BCUT2D eigenvalue weighted by Gasteiger charge is -2.14. The van der Waals surface area contributed by atoms with Gasteiger partial charge in [0, 0.05) is 18.2 Å². The van der Waals surface area contributed by atoms with Crippen molar-refractivity contribution in [2.24, 2.45) is 5.92 Å². The van der Waals surface area contributed by atoms with E-state index in [1.54, 1.807) is 18.2 Å². The average molecular weight is 356 g/mol. The molecule has 0 fully saturated rings. The van der Waals surface area contributed by atoms with Crippen molar-refractivity contribution in [3.8, 4) is 29.1 Å². The molecule has 2 rings (SSSR count). The quantitative estimate of drug-likeness (QED) is 0.700. The number of hydrogen-bond donors (Lipinski definition) is 3. The summed E-state index contributed by atoms with van der Waals surface area (Å²) >= 11 is 0. The number of nitrogens with one attached hydrogen (secondary N) is 1. The van der Waals surface area contributed by atoms with Gasteiger partial charge < -0.3 is 25.0 Å². The van der Waals surface area contributed by atoms with Gasteiger partial charge in [-0.25, -0.2) is 0 Å². The molecule has 7 heteroatoms. The SMILES string of the molecule is COc1cccc(CNC(=O)C(C#N)Cc2cc(O)cc(O)c2)c1OC. The van der Waals surface area contributed by atoms with Crippen LogP contribution in [0.25, 0.3) is 0 Å². The van der Waals surface area contributed by atoms with E-state index in [4.69, 9.17) is 9.47 Å². The second-order valence-electron chi connectivity index (χ2n) is 5.61. The Kier molecular flexibility index (Phi) is 6.28. The van der Waals surface area contributed by atoms with Gasteiger partial charge in [0.25, 0.3) is 0 Å². The standard InChI is InChI=1S/C19H20N2O5/c1-25-17-5-3-4-13(18(17)26-2)11-21-19(24)14(10-20)6-12-7-15(22)9-16(23)8-12/h3-5,7-9,14,22-23H,6,11H2,1-2H3,(H,21,24). The van der Waals surface area contributed by atoms with Crippen molar-refractivity contribution in [2.75, 3.05) is 14.2 Å². The first-order chi connectivity index (χ1) is 12.5. The molecule has 2 aromatic carbocycles. The minimum atomic E-state index is -0.965. The molecule has 7 nitrogen and oxygen atoms in total. The van der Waals surface area contributed by atoms with Crippen molar-refractivity contribution in [3.63, 3.8) is 0 Å². The third-order valence-electron chi connectivity index (χ3n) is 3.81. The Morgan fingerprint density at radius 3 is 2.46 bits per heavy atom. The molecule has 0 aromatic heterocycles. The zero-order chi connectivity index (χ0) is 19.1. The molecule has 0 bridgehead atoms. The van der Waals surface area contributed by atoms with E-state index in [0.717, 1.165) is 0 Å². The van der Waals surface area contributed by atoms with Gasteiger partial charge in [-0.05, 0) is 30.2 Å². The molecular weight excluding hydrogens is 336 g/mol. The first-order valence-corrected chi connectivity index (χ1v) is 7.87. The highest BCUT2D eigenvalue weighted by Crippen LogP contribution is 2.30. The molecule has 136 valence electrons. The van der Waals surface area contributed by atoms with E-state index in [1.807, 2.05) is 6.07 Å². The highest BCUT2D eigenvalue weighted by atomic mass is 16.5. The smallest absolute Gasteiger partial charge is 0.237 e. The van der Waals surface area contributed by atoms with Crippen LogP contribution in [0.1, 0.15) is 11.1 Å². The predicted molar refractivity (Wildman–Crippen MR) is 94.0 cm³/mol. The number of benzene rings is 2. The molecule has 0 heterocycles. The van der Waals surface area contributed by atoms with Crippen LogP contribution in [0, 0.1) is 17.2 Å². The maximum Gasteiger partial charge on any atom is 0.237 e. The lowest BCUT2D eigenvalue weighted by Crippen LogP contribution is -2.30. The summed E-state index contributed by atoms with van der Waals surface area (Å²) in [7, 11) is 3.03. The van der Waals surface area contributed by atoms with Crippen LogP contribution in [-0.4, -0.2) is 30.3 Å². The number of para-hydroxylation sites is 1. The normalized spacial score (nSPS) is 11.3. The van der Waals surface area contributed by atoms with Crippen LogP contribution in [0.15, 0.2) is 36.4 Å². The number of nitriles is 1. The summed E-state index contributed by atoms with van der Waals surface area (Å²) in [5.41, 5.74) is 1.20. The fourth-order valence-corrected chi connectivity index (χ4v) is 2.61. The number of carbonyl (C=O) groups excluding carboxylic acids is 1. The number of nitrogens with zero attached hydrogens (tertiary/aromatic N) is 1. The Morgan fingerprint density at radius 2 is 1.88 bits per heavy atom. The zero-order valence-electron chi connectivity index (χ0n) is 14.5. The van der Waals surface area contributed by atoms with Crippen molar-refractivity contribution in [1.29, 1.82) is 5.26 Å². The zero-order valence-corrected chi connectivity index (χ0v) is 14.5. The van der Waals surface area contributed by atoms with Crippen LogP contribution >= 0.6 is 0 Å². The number of carbonyl (C=O) groups is 1. The Labute approximate surface area is 151 Å². The van der Waals surface area contributed by atoms with Crippen molar-refractivity contribution < 1.29 is 24.5 Å². The van der Waals surface area contributed by atoms with Gasteiger partial charge in [0.1, 0.15) is 17.4 Å². The van der Waals surface area contributed by atoms with Gasteiger partial charge in [-0.3, -0.25) is 4.79 Å². The summed E-state index contributed by atoms with van der Waals surface area (Å²) in [5, 5.41) is 31.0. The molecule has 0 aliphatic rings.